The van der Waals surface area contributed by atoms with Gasteiger partial charge in [0.05, 0.1) is 20.6 Å². The summed E-state index contributed by atoms with van der Waals surface area (Å²) >= 11 is 12.4. The first kappa shape index (κ1) is 36.5. The van der Waals surface area contributed by atoms with Crippen molar-refractivity contribution in [2.75, 3.05) is 55.4 Å². The molecule has 5 rings (SSSR count). The lowest BCUT2D eigenvalue weighted by Gasteiger charge is -2.36. The molecule has 1 aliphatic rings. The van der Waals surface area contributed by atoms with Gasteiger partial charge in [0.2, 0.25) is 15.9 Å². The van der Waals surface area contributed by atoms with Gasteiger partial charge in [-0.05, 0) is 60.2 Å². The lowest BCUT2D eigenvalue weighted by Crippen LogP contribution is -2.50. The Morgan fingerprint density at radius 1 is 0.880 bits per heavy atom. The van der Waals surface area contributed by atoms with Crippen molar-refractivity contribution in [1.82, 2.24) is 9.21 Å². The summed E-state index contributed by atoms with van der Waals surface area (Å²) in [5.41, 5.74) is 2.03. The molecule has 0 radical (unpaired) electrons. The molecule has 16 heteroatoms. The van der Waals surface area contributed by atoms with Crippen molar-refractivity contribution in [3.05, 3.63) is 117 Å². The van der Waals surface area contributed by atoms with Crippen LogP contribution >= 0.6 is 23.2 Å². The normalized spacial score (nSPS) is 13.2. The number of para-hydroxylation sites is 2. The Bertz CT molecular complexity index is 1940. The third-order valence-electron chi connectivity index (χ3n) is 7.98. The van der Waals surface area contributed by atoms with Gasteiger partial charge in [0.25, 0.3) is 4.92 Å². The van der Waals surface area contributed by atoms with Crippen molar-refractivity contribution < 1.29 is 32.2 Å². The Labute approximate surface area is 298 Å². The fourth-order valence-electron chi connectivity index (χ4n) is 5.32. The van der Waals surface area contributed by atoms with E-state index in [1.807, 2.05) is 12.1 Å². The zero-order valence-electron chi connectivity index (χ0n) is 26.9. The van der Waals surface area contributed by atoms with Gasteiger partial charge in [0.15, 0.2) is 12.0 Å². The van der Waals surface area contributed by atoms with Crippen LogP contribution in [-0.4, -0.2) is 74.3 Å². The molecule has 4 aromatic carbocycles. The number of anilines is 3. The summed E-state index contributed by atoms with van der Waals surface area (Å²) in [5.74, 6) is -0.920. The molecule has 0 unspecified atom stereocenters. The number of amides is 3. The number of halogens is 3. The number of hydrogen-bond donors (Lipinski definition) is 2. The van der Waals surface area contributed by atoms with Crippen molar-refractivity contribution in [2.24, 2.45) is 0 Å². The van der Waals surface area contributed by atoms with Gasteiger partial charge in [-0.2, -0.15) is 4.31 Å². The fraction of sp³-hybridized carbons (Fsp3) is 0.235. The summed E-state index contributed by atoms with van der Waals surface area (Å²) in [4.78, 5) is 46.4. The molecular formula is C34H34Cl2FN6O6S+. The number of rotatable bonds is 12. The van der Waals surface area contributed by atoms with Crippen LogP contribution in [0.5, 0.6) is 0 Å². The largest absolute Gasteiger partial charge is 0.368 e. The molecule has 0 saturated carbocycles. The number of benzene rings is 4. The summed E-state index contributed by atoms with van der Waals surface area (Å²) < 4.78 is 42.3. The van der Waals surface area contributed by atoms with E-state index in [-0.39, 0.29) is 41.0 Å². The first-order valence-electron chi connectivity index (χ1n) is 15.5. The van der Waals surface area contributed by atoms with Crippen LogP contribution in [0.4, 0.5) is 31.9 Å². The second-order valence-corrected chi connectivity index (χ2v) is 13.9. The zero-order valence-corrected chi connectivity index (χ0v) is 29.2. The average molecular weight is 745 g/mol. The Balaban J connectivity index is 1.19. The molecule has 0 aromatic heterocycles. The molecule has 0 spiro atoms. The van der Waals surface area contributed by atoms with Crippen molar-refractivity contribution in [2.45, 2.75) is 17.9 Å². The number of hydrogen-bond acceptors (Lipinski definition) is 7. The van der Waals surface area contributed by atoms with E-state index in [1.165, 1.54) is 48.5 Å². The summed E-state index contributed by atoms with van der Waals surface area (Å²) in [6, 6.07) is 22.8. The predicted molar refractivity (Wildman–Crippen MR) is 190 cm³/mol. The Morgan fingerprint density at radius 3 is 2.16 bits per heavy atom. The molecule has 1 heterocycles. The van der Waals surface area contributed by atoms with Crippen LogP contribution in [0, 0.1) is 10.7 Å². The molecular weight excluding hydrogens is 710 g/mol. The maximum Gasteiger partial charge on any atom is 0.336 e. The number of urea groups is 1. The highest BCUT2D eigenvalue weighted by molar-refractivity contribution is 7.89. The predicted octanol–water partition coefficient (Wildman–Crippen LogP) is 6.68. The van der Waals surface area contributed by atoms with Crippen LogP contribution < -0.4 is 15.5 Å². The van der Waals surface area contributed by atoms with Crippen LogP contribution in [0.25, 0.3) is 0 Å². The van der Waals surface area contributed by atoms with E-state index < -0.39 is 21.7 Å². The highest BCUT2D eigenvalue weighted by Crippen LogP contribution is 2.31. The summed E-state index contributed by atoms with van der Waals surface area (Å²) in [6.45, 7) is 1.67. The Kier molecular flexibility index (Phi) is 11.9. The molecule has 1 saturated heterocycles. The molecule has 4 aromatic rings. The number of sulfonamides is 1. The minimum atomic E-state index is -4.32. The molecule has 0 bridgehead atoms. The monoisotopic (exact) mass is 743 g/mol. The maximum absolute atomic E-state index is 13.8. The van der Waals surface area contributed by atoms with Crippen LogP contribution in [0.2, 0.25) is 10.0 Å². The second kappa shape index (κ2) is 16.3. The highest BCUT2D eigenvalue weighted by atomic mass is 35.5. The van der Waals surface area contributed by atoms with E-state index in [4.69, 9.17) is 28.0 Å². The fourth-order valence-corrected chi connectivity index (χ4v) is 7.40. The maximum atomic E-state index is 13.8. The molecule has 1 fully saturated rings. The standard InChI is InChI=1S/C34H33Cl2FN6O6S/c1-49-43(46)30-7-2-3-8-31(30)50(47,48)42(23-24-9-11-25(37)12-10-24)18-17-32(44)38-26-13-15-27(16-14-26)40-19-21-41(22-20-40)34(45)39-33-28(35)5-4-6-29(33)36/h2-16H,17-23H2,1H3,(H-,38,39,44,45)/p+1. The summed E-state index contributed by atoms with van der Waals surface area (Å²) in [6.07, 6.45) is -0.209. The zero-order chi connectivity index (χ0) is 35.8. The topological polar surface area (TPSA) is 131 Å². The van der Waals surface area contributed by atoms with Crippen LogP contribution in [-0.2, 0) is 26.2 Å². The van der Waals surface area contributed by atoms with Gasteiger partial charge in [0, 0.05) is 63.1 Å². The second-order valence-electron chi connectivity index (χ2n) is 11.2. The Morgan fingerprint density at radius 2 is 1.52 bits per heavy atom. The summed E-state index contributed by atoms with van der Waals surface area (Å²) in [7, 11) is -3.20. The SMILES string of the molecule is CO[N+](=O)c1ccccc1S(=O)(=O)N(CCC(=O)Nc1ccc(N2CCN(C(=O)Nc3c(Cl)cccc3Cl)CC2)cc1)Cc1ccc(F)cc1. The summed E-state index contributed by atoms with van der Waals surface area (Å²) in [5, 5.41) is 6.28. The molecule has 50 heavy (non-hydrogen) atoms. The van der Waals surface area contributed by atoms with Gasteiger partial charge in [-0.1, -0.05) is 53.5 Å². The van der Waals surface area contributed by atoms with Crippen molar-refractivity contribution in [3.63, 3.8) is 0 Å². The van der Waals surface area contributed by atoms with Crippen LogP contribution in [0.3, 0.4) is 0 Å². The lowest BCUT2D eigenvalue weighted by atomic mass is 10.2. The smallest absolute Gasteiger partial charge is 0.336 e. The molecule has 0 aliphatic carbocycles. The van der Waals surface area contributed by atoms with Gasteiger partial charge < -0.3 is 20.4 Å². The third-order valence-corrected chi connectivity index (χ3v) is 10.5. The van der Waals surface area contributed by atoms with Crippen LogP contribution in [0.15, 0.2) is 95.9 Å². The van der Waals surface area contributed by atoms with E-state index in [9.17, 15) is 27.3 Å². The van der Waals surface area contributed by atoms with Gasteiger partial charge >= 0.3 is 11.7 Å². The Hall–Kier alpha value is -4.76. The average Bonchev–Trinajstić information content (AvgIpc) is 3.12. The molecule has 2 N–H and O–H groups in total. The quantitative estimate of drug-likeness (QED) is 0.155. The van der Waals surface area contributed by atoms with Crippen molar-refractivity contribution in [1.29, 1.82) is 0 Å². The first-order chi connectivity index (χ1) is 24.0. The number of nitrogens with zero attached hydrogens (tertiary/aromatic N) is 4. The first-order valence-corrected chi connectivity index (χ1v) is 17.7. The number of nitrogens with one attached hydrogen (secondary N) is 2. The molecule has 0 atom stereocenters. The van der Waals surface area contributed by atoms with Gasteiger partial charge in [-0.3, -0.25) is 4.79 Å². The number of piperazine rings is 1. The highest BCUT2D eigenvalue weighted by Gasteiger charge is 2.34. The molecule has 3 amide bonds. The lowest BCUT2D eigenvalue weighted by molar-refractivity contribution is -0.738. The molecule has 1 aliphatic heterocycles. The molecule has 262 valence electrons. The van der Waals surface area contributed by atoms with E-state index in [2.05, 4.69) is 15.5 Å². The van der Waals surface area contributed by atoms with Gasteiger partial charge in [-0.15, -0.1) is 0 Å². The molecule has 12 nitrogen and oxygen atoms in total. The van der Waals surface area contributed by atoms with Crippen molar-refractivity contribution in [3.8, 4) is 0 Å². The van der Waals surface area contributed by atoms with Crippen molar-refractivity contribution >= 4 is 67.9 Å². The van der Waals surface area contributed by atoms with E-state index in [1.54, 1.807) is 35.2 Å². The third kappa shape index (κ3) is 8.87. The minimum absolute atomic E-state index is 0.0920. The van der Waals surface area contributed by atoms with E-state index in [0.717, 1.165) is 17.1 Å². The number of carbonyl (C=O) groups excluding carboxylic acids is 2. The number of carbonyl (C=O) groups is 2. The van der Waals surface area contributed by atoms with Crippen LogP contribution in [0.1, 0.15) is 12.0 Å². The van der Waals surface area contributed by atoms with Gasteiger partial charge in [0.1, 0.15) is 5.82 Å². The van der Waals surface area contributed by atoms with Gasteiger partial charge in [-0.25, -0.2) is 22.4 Å². The minimum Gasteiger partial charge on any atom is -0.368 e. The van der Waals surface area contributed by atoms with E-state index >= 15 is 0 Å². The van der Waals surface area contributed by atoms with E-state index in [0.29, 0.717) is 53.2 Å².